The van der Waals surface area contributed by atoms with Crippen LogP contribution in [0.5, 0.6) is 11.5 Å². The molecule has 0 spiro atoms. The fraction of sp³-hybridized carbons (Fsp3) is 0.192. The Morgan fingerprint density at radius 3 is 2.47 bits per heavy atom. The number of carbonyl (C=O) groups is 2. The Hall–Kier alpha value is -3.65. The number of rotatable bonds is 7. The van der Waals surface area contributed by atoms with Crippen LogP contribution in [0.15, 0.2) is 64.2 Å². The monoisotopic (exact) mass is 523 g/mol. The van der Waals surface area contributed by atoms with E-state index in [0.717, 1.165) is 22.3 Å². The Morgan fingerprint density at radius 2 is 1.76 bits per heavy atom. The number of hydrazone groups is 1. The SMILES string of the molecule is COc1cc(C=NNC(=O)C(=O)Nc2ccc(C)cc2C)cc(Br)c1OCc1ccccc1C. The number of nitrogens with one attached hydrogen (secondary N) is 2. The average Bonchev–Trinajstić information content (AvgIpc) is 2.80. The van der Waals surface area contributed by atoms with E-state index in [-0.39, 0.29) is 0 Å². The Morgan fingerprint density at radius 1 is 1.00 bits per heavy atom. The van der Waals surface area contributed by atoms with Crippen molar-refractivity contribution in [3.05, 3.63) is 86.9 Å². The maximum absolute atomic E-state index is 12.2. The quantitative estimate of drug-likeness (QED) is 0.257. The molecule has 0 aliphatic rings. The molecule has 0 aromatic heterocycles. The number of aryl methyl sites for hydroxylation is 3. The van der Waals surface area contributed by atoms with Gasteiger partial charge in [-0.1, -0.05) is 42.0 Å². The molecule has 0 aliphatic heterocycles. The van der Waals surface area contributed by atoms with Crippen LogP contribution in [-0.2, 0) is 16.2 Å². The van der Waals surface area contributed by atoms with Gasteiger partial charge in [0.2, 0.25) is 0 Å². The summed E-state index contributed by atoms with van der Waals surface area (Å²) >= 11 is 3.51. The first kappa shape index (κ1) is 25.0. The van der Waals surface area contributed by atoms with Crippen molar-refractivity contribution in [2.45, 2.75) is 27.4 Å². The molecule has 2 N–H and O–H groups in total. The molecule has 176 valence electrons. The average molecular weight is 524 g/mol. The summed E-state index contributed by atoms with van der Waals surface area (Å²) in [7, 11) is 1.54. The van der Waals surface area contributed by atoms with Crippen molar-refractivity contribution in [1.29, 1.82) is 0 Å². The first-order valence-electron chi connectivity index (χ1n) is 10.5. The second-order valence-corrected chi connectivity index (χ2v) is 8.58. The third kappa shape index (κ3) is 6.45. The van der Waals surface area contributed by atoms with Gasteiger partial charge in [0, 0.05) is 5.69 Å². The molecule has 0 radical (unpaired) electrons. The van der Waals surface area contributed by atoms with Gasteiger partial charge in [-0.05, 0) is 77.2 Å². The number of carbonyl (C=O) groups excluding carboxylic acids is 2. The second-order valence-electron chi connectivity index (χ2n) is 7.72. The normalized spacial score (nSPS) is 10.7. The number of hydrogen-bond donors (Lipinski definition) is 2. The van der Waals surface area contributed by atoms with Gasteiger partial charge < -0.3 is 14.8 Å². The molecule has 0 bridgehead atoms. The van der Waals surface area contributed by atoms with Gasteiger partial charge in [0.1, 0.15) is 6.61 Å². The molecule has 8 heteroatoms. The molecule has 7 nitrogen and oxygen atoms in total. The minimum absolute atomic E-state index is 0.390. The summed E-state index contributed by atoms with van der Waals surface area (Å²) in [5.41, 5.74) is 7.60. The maximum atomic E-state index is 12.2. The summed E-state index contributed by atoms with van der Waals surface area (Å²) in [5, 5.41) is 6.47. The molecule has 3 aromatic rings. The van der Waals surface area contributed by atoms with E-state index in [4.69, 9.17) is 9.47 Å². The predicted octanol–water partition coefficient (Wildman–Crippen LogP) is 5.05. The van der Waals surface area contributed by atoms with Crippen LogP contribution in [0.3, 0.4) is 0 Å². The van der Waals surface area contributed by atoms with E-state index in [1.54, 1.807) is 25.3 Å². The van der Waals surface area contributed by atoms with Gasteiger partial charge in [-0.3, -0.25) is 9.59 Å². The van der Waals surface area contributed by atoms with Crippen molar-refractivity contribution >= 4 is 39.6 Å². The van der Waals surface area contributed by atoms with Gasteiger partial charge in [-0.25, -0.2) is 5.43 Å². The fourth-order valence-electron chi connectivity index (χ4n) is 3.23. The molecule has 0 saturated heterocycles. The zero-order chi connectivity index (χ0) is 24.7. The van der Waals surface area contributed by atoms with Crippen LogP contribution < -0.4 is 20.2 Å². The number of methoxy groups -OCH3 is 1. The van der Waals surface area contributed by atoms with Gasteiger partial charge in [0.25, 0.3) is 0 Å². The van der Waals surface area contributed by atoms with E-state index in [9.17, 15) is 9.59 Å². The zero-order valence-corrected chi connectivity index (χ0v) is 21.0. The van der Waals surface area contributed by atoms with Crippen LogP contribution in [0.1, 0.15) is 27.8 Å². The molecule has 0 saturated carbocycles. The Bertz CT molecular complexity index is 1240. The molecule has 0 heterocycles. The topological polar surface area (TPSA) is 89.0 Å². The summed E-state index contributed by atoms with van der Waals surface area (Å²) in [6, 6.07) is 17.0. The predicted molar refractivity (Wildman–Crippen MR) is 136 cm³/mol. The summed E-state index contributed by atoms with van der Waals surface area (Å²) in [4.78, 5) is 24.3. The lowest BCUT2D eigenvalue weighted by Gasteiger charge is -2.14. The summed E-state index contributed by atoms with van der Waals surface area (Å²) in [5.74, 6) is -0.619. The van der Waals surface area contributed by atoms with Gasteiger partial charge >= 0.3 is 11.8 Å². The molecule has 0 fully saturated rings. The molecular weight excluding hydrogens is 498 g/mol. The molecule has 0 aliphatic carbocycles. The minimum Gasteiger partial charge on any atom is -0.493 e. The van der Waals surface area contributed by atoms with E-state index < -0.39 is 11.8 Å². The molecule has 2 amide bonds. The number of hydrogen-bond acceptors (Lipinski definition) is 5. The van der Waals surface area contributed by atoms with E-state index in [1.165, 1.54) is 6.21 Å². The number of anilines is 1. The molecular formula is C26H26BrN3O4. The van der Waals surface area contributed by atoms with Crippen molar-refractivity contribution in [3.8, 4) is 11.5 Å². The second kappa shape index (κ2) is 11.5. The van der Waals surface area contributed by atoms with Crippen molar-refractivity contribution in [3.63, 3.8) is 0 Å². The summed E-state index contributed by atoms with van der Waals surface area (Å²) in [6.45, 7) is 6.23. The molecule has 34 heavy (non-hydrogen) atoms. The van der Waals surface area contributed by atoms with Crippen molar-refractivity contribution in [2.75, 3.05) is 12.4 Å². The highest BCUT2D eigenvalue weighted by molar-refractivity contribution is 9.10. The van der Waals surface area contributed by atoms with E-state index in [0.29, 0.717) is 33.8 Å². The highest BCUT2D eigenvalue weighted by atomic mass is 79.9. The van der Waals surface area contributed by atoms with E-state index >= 15 is 0 Å². The highest BCUT2D eigenvalue weighted by Gasteiger charge is 2.15. The zero-order valence-electron chi connectivity index (χ0n) is 19.4. The third-order valence-electron chi connectivity index (χ3n) is 5.10. The minimum atomic E-state index is -0.875. The number of nitrogens with zero attached hydrogens (tertiary/aromatic N) is 1. The van der Waals surface area contributed by atoms with Crippen molar-refractivity contribution in [1.82, 2.24) is 5.43 Å². The lowest BCUT2D eigenvalue weighted by molar-refractivity contribution is -0.136. The van der Waals surface area contributed by atoms with Gasteiger partial charge in [-0.2, -0.15) is 5.10 Å². The molecule has 3 rings (SSSR count). The largest absolute Gasteiger partial charge is 0.493 e. The van der Waals surface area contributed by atoms with Crippen molar-refractivity contribution < 1.29 is 19.1 Å². The molecule has 3 aromatic carbocycles. The number of benzene rings is 3. The Kier molecular flexibility index (Phi) is 8.43. The highest BCUT2D eigenvalue weighted by Crippen LogP contribution is 2.37. The van der Waals surface area contributed by atoms with Gasteiger partial charge in [0.15, 0.2) is 11.5 Å². The lowest BCUT2D eigenvalue weighted by Crippen LogP contribution is -2.32. The van der Waals surface area contributed by atoms with Crippen LogP contribution >= 0.6 is 15.9 Å². The Labute approximate surface area is 207 Å². The summed E-state index contributed by atoms with van der Waals surface area (Å²) in [6.07, 6.45) is 1.42. The van der Waals surface area contributed by atoms with E-state index in [2.05, 4.69) is 31.8 Å². The van der Waals surface area contributed by atoms with Gasteiger partial charge in [-0.15, -0.1) is 0 Å². The first-order chi connectivity index (χ1) is 16.3. The smallest absolute Gasteiger partial charge is 0.329 e. The fourth-order valence-corrected chi connectivity index (χ4v) is 3.80. The van der Waals surface area contributed by atoms with E-state index in [1.807, 2.05) is 57.2 Å². The Balaban J connectivity index is 1.63. The van der Waals surface area contributed by atoms with Crippen LogP contribution in [0.4, 0.5) is 5.69 Å². The molecule has 0 atom stereocenters. The maximum Gasteiger partial charge on any atom is 0.329 e. The number of halogens is 1. The van der Waals surface area contributed by atoms with Crippen LogP contribution in [0.25, 0.3) is 0 Å². The van der Waals surface area contributed by atoms with Gasteiger partial charge in [0.05, 0.1) is 17.8 Å². The number of ether oxygens (including phenoxy) is 2. The van der Waals surface area contributed by atoms with Crippen molar-refractivity contribution in [2.24, 2.45) is 5.10 Å². The van der Waals surface area contributed by atoms with Crippen LogP contribution in [0.2, 0.25) is 0 Å². The summed E-state index contributed by atoms with van der Waals surface area (Å²) < 4.78 is 12.1. The van der Waals surface area contributed by atoms with Crippen LogP contribution in [0, 0.1) is 20.8 Å². The third-order valence-corrected chi connectivity index (χ3v) is 5.69. The van der Waals surface area contributed by atoms with Crippen LogP contribution in [-0.4, -0.2) is 25.1 Å². The number of amides is 2. The lowest BCUT2D eigenvalue weighted by atomic mass is 10.1. The standard InChI is InChI=1S/C26H26BrN3O4/c1-16-9-10-22(18(3)11-16)29-25(31)26(32)30-28-14-19-12-21(27)24(23(13-19)33-4)34-15-20-8-6-5-7-17(20)2/h5-14H,15H2,1-4H3,(H,29,31)(H,30,32). The first-order valence-corrected chi connectivity index (χ1v) is 11.3. The molecule has 0 unspecified atom stereocenters.